The maximum absolute atomic E-state index is 11.4. The Morgan fingerprint density at radius 1 is 0.958 bits per heavy atom. The summed E-state index contributed by atoms with van der Waals surface area (Å²) in [5.74, 6) is 0.812. The summed E-state index contributed by atoms with van der Waals surface area (Å²) < 4.78 is 28.4. The van der Waals surface area contributed by atoms with Crippen molar-refractivity contribution >= 4 is 10.0 Å². The van der Waals surface area contributed by atoms with Crippen molar-refractivity contribution in [1.82, 2.24) is 5.16 Å². The Hall–Kier alpha value is -2.44. The first kappa shape index (κ1) is 16.4. The van der Waals surface area contributed by atoms with Crippen molar-refractivity contribution in [3.63, 3.8) is 0 Å². The third-order valence-electron chi connectivity index (χ3n) is 3.77. The van der Waals surface area contributed by atoms with Crippen LogP contribution in [0.5, 0.6) is 0 Å². The second-order valence-corrected chi connectivity index (χ2v) is 7.42. The second kappa shape index (κ2) is 6.22. The van der Waals surface area contributed by atoms with Gasteiger partial charge in [-0.1, -0.05) is 49.3 Å². The summed E-state index contributed by atoms with van der Waals surface area (Å²) in [5.41, 5.74) is 3.55. The van der Waals surface area contributed by atoms with Crippen LogP contribution in [0.3, 0.4) is 0 Å². The lowest BCUT2D eigenvalue weighted by atomic mass is 9.95. The highest BCUT2D eigenvalue weighted by atomic mass is 32.2. The zero-order valence-electron chi connectivity index (χ0n) is 13.4. The number of aromatic nitrogens is 1. The molecule has 1 heterocycles. The van der Waals surface area contributed by atoms with Gasteiger partial charge in [0.05, 0.1) is 16.2 Å². The van der Waals surface area contributed by atoms with Crippen LogP contribution < -0.4 is 5.14 Å². The smallest absolute Gasteiger partial charge is 0.238 e. The lowest BCUT2D eigenvalue weighted by Crippen LogP contribution is -2.11. The summed E-state index contributed by atoms with van der Waals surface area (Å²) in [6, 6.07) is 16.2. The number of benzene rings is 2. The number of nitrogens with zero attached hydrogens (tertiary/aromatic N) is 1. The fourth-order valence-electron chi connectivity index (χ4n) is 2.57. The Morgan fingerprint density at radius 2 is 1.58 bits per heavy atom. The SMILES string of the molecule is CC(C)c1noc(-c2ccc(S(N)(=O)=O)cc2)c1-c1ccccc1. The molecule has 0 amide bonds. The molecule has 0 saturated carbocycles. The molecule has 0 radical (unpaired) electrons. The molecule has 2 N–H and O–H groups in total. The molecule has 0 spiro atoms. The van der Waals surface area contributed by atoms with E-state index in [2.05, 4.69) is 19.0 Å². The first-order chi connectivity index (χ1) is 11.4. The summed E-state index contributed by atoms with van der Waals surface area (Å²) in [4.78, 5) is 0.0658. The molecule has 24 heavy (non-hydrogen) atoms. The van der Waals surface area contributed by atoms with Gasteiger partial charge in [0.1, 0.15) is 0 Å². The van der Waals surface area contributed by atoms with Crippen LogP contribution in [0.15, 0.2) is 64.0 Å². The third-order valence-corrected chi connectivity index (χ3v) is 4.70. The van der Waals surface area contributed by atoms with Crippen molar-refractivity contribution in [2.45, 2.75) is 24.7 Å². The van der Waals surface area contributed by atoms with Crippen molar-refractivity contribution in [3.8, 4) is 22.5 Å². The van der Waals surface area contributed by atoms with E-state index in [1.54, 1.807) is 12.1 Å². The number of nitrogens with two attached hydrogens (primary N) is 1. The largest absolute Gasteiger partial charge is 0.355 e. The van der Waals surface area contributed by atoms with Gasteiger partial charge in [-0.2, -0.15) is 0 Å². The Balaban J connectivity index is 2.15. The van der Waals surface area contributed by atoms with Crippen molar-refractivity contribution < 1.29 is 12.9 Å². The van der Waals surface area contributed by atoms with Gasteiger partial charge in [-0.25, -0.2) is 13.6 Å². The maximum atomic E-state index is 11.4. The fraction of sp³-hybridized carbons (Fsp3) is 0.167. The summed E-state index contributed by atoms with van der Waals surface area (Å²) in [6.07, 6.45) is 0. The van der Waals surface area contributed by atoms with E-state index >= 15 is 0 Å². The van der Waals surface area contributed by atoms with Crippen LogP contribution in [-0.4, -0.2) is 13.6 Å². The molecule has 5 nitrogen and oxygen atoms in total. The molecule has 124 valence electrons. The molecule has 3 aromatic rings. The number of primary sulfonamides is 1. The van der Waals surface area contributed by atoms with E-state index < -0.39 is 10.0 Å². The van der Waals surface area contributed by atoms with E-state index in [9.17, 15) is 8.42 Å². The van der Waals surface area contributed by atoms with Gasteiger partial charge < -0.3 is 4.52 Å². The zero-order valence-corrected chi connectivity index (χ0v) is 14.2. The van der Waals surface area contributed by atoms with E-state index in [-0.39, 0.29) is 10.8 Å². The average Bonchev–Trinajstić information content (AvgIpc) is 3.00. The Kier molecular flexibility index (Phi) is 4.26. The van der Waals surface area contributed by atoms with Gasteiger partial charge in [-0.05, 0) is 35.7 Å². The normalized spacial score (nSPS) is 11.8. The number of hydrogen-bond donors (Lipinski definition) is 1. The van der Waals surface area contributed by atoms with E-state index in [0.717, 1.165) is 22.4 Å². The highest BCUT2D eigenvalue weighted by Crippen LogP contribution is 2.38. The molecule has 0 saturated heterocycles. The standard InChI is InChI=1S/C18H18N2O3S/c1-12(2)17-16(13-6-4-3-5-7-13)18(23-20-17)14-8-10-15(11-9-14)24(19,21)22/h3-12H,1-2H3,(H2,19,21,22). The number of rotatable bonds is 4. The van der Waals surface area contributed by atoms with Crippen molar-refractivity contribution in [1.29, 1.82) is 0 Å². The maximum Gasteiger partial charge on any atom is 0.238 e. The molecule has 0 aliphatic rings. The predicted molar refractivity (Wildman–Crippen MR) is 92.8 cm³/mol. The van der Waals surface area contributed by atoms with Gasteiger partial charge in [0, 0.05) is 5.56 Å². The molecule has 0 unspecified atom stereocenters. The van der Waals surface area contributed by atoms with E-state index in [1.165, 1.54) is 12.1 Å². The van der Waals surface area contributed by atoms with Crippen LogP contribution in [0, 0.1) is 0 Å². The van der Waals surface area contributed by atoms with Crippen LogP contribution in [0.2, 0.25) is 0 Å². The van der Waals surface area contributed by atoms with Gasteiger partial charge >= 0.3 is 0 Å². The van der Waals surface area contributed by atoms with Crippen molar-refractivity contribution in [3.05, 3.63) is 60.3 Å². The van der Waals surface area contributed by atoms with Gasteiger partial charge in [0.2, 0.25) is 10.0 Å². The van der Waals surface area contributed by atoms with Crippen molar-refractivity contribution in [2.75, 3.05) is 0 Å². The zero-order chi connectivity index (χ0) is 17.3. The van der Waals surface area contributed by atoms with Gasteiger partial charge in [0.25, 0.3) is 0 Å². The fourth-order valence-corrected chi connectivity index (χ4v) is 3.09. The van der Waals surface area contributed by atoms with E-state index in [4.69, 9.17) is 9.66 Å². The van der Waals surface area contributed by atoms with Crippen LogP contribution in [0.4, 0.5) is 0 Å². The lowest BCUT2D eigenvalue weighted by Gasteiger charge is -2.07. The van der Waals surface area contributed by atoms with Crippen LogP contribution in [0.25, 0.3) is 22.5 Å². The Morgan fingerprint density at radius 3 is 2.12 bits per heavy atom. The topological polar surface area (TPSA) is 86.2 Å². The van der Waals surface area contributed by atoms with E-state index in [1.807, 2.05) is 30.3 Å². The van der Waals surface area contributed by atoms with E-state index in [0.29, 0.717) is 5.76 Å². The first-order valence-corrected chi connectivity index (χ1v) is 9.11. The molecule has 6 heteroatoms. The second-order valence-electron chi connectivity index (χ2n) is 5.86. The van der Waals surface area contributed by atoms with Crippen LogP contribution >= 0.6 is 0 Å². The summed E-state index contributed by atoms with van der Waals surface area (Å²) in [7, 11) is -3.72. The minimum atomic E-state index is -3.72. The molecule has 3 rings (SSSR count). The van der Waals surface area contributed by atoms with Crippen LogP contribution in [-0.2, 0) is 10.0 Å². The molecular formula is C18H18N2O3S. The number of hydrogen-bond acceptors (Lipinski definition) is 4. The monoisotopic (exact) mass is 342 g/mol. The molecule has 2 aromatic carbocycles. The quantitative estimate of drug-likeness (QED) is 0.782. The summed E-state index contributed by atoms with van der Waals surface area (Å²) >= 11 is 0. The molecular weight excluding hydrogens is 324 g/mol. The lowest BCUT2D eigenvalue weighted by molar-refractivity contribution is 0.420. The molecule has 0 bridgehead atoms. The molecule has 0 fully saturated rings. The van der Waals surface area contributed by atoms with Gasteiger partial charge in [-0.3, -0.25) is 0 Å². The van der Waals surface area contributed by atoms with Gasteiger partial charge in [0.15, 0.2) is 5.76 Å². The molecule has 0 atom stereocenters. The van der Waals surface area contributed by atoms with Crippen molar-refractivity contribution in [2.24, 2.45) is 5.14 Å². The minimum Gasteiger partial charge on any atom is -0.355 e. The molecule has 0 aliphatic heterocycles. The minimum absolute atomic E-state index is 0.0658. The summed E-state index contributed by atoms with van der Waals surface area (Å²) in [6.45, 7) is 4.11. The number of sulfonamides is 1. The third kappa shape index (κ3) is 3.11. The first-order valence-electron chi connectivity index (χ1n) is 7.56. The summed E-state index contributed by atoms with van der Waals surface area (Å²) in [5, 5.41) is 9.37. The van der Waals surface area contributed by atoms with Gasteiger partial charge in [-0.15, -0.1) is 0 Å². The predicted octanol–water partition coefficient (Wildman–Crippen LogP) is 3.78. The van der Waals surface area contributed by atoms with Crippen LogP contribution in [0.1, 0.15) is 25.5 Å². The molecule has 0 aliphatic carbocycles. The highest BCUT2D eigenvalue weighted by molar-refractivity contribution is 7.89. The molecule has 1 aromatic heterocycles. The average molecular weight is 342 g/mol. The Bertz CT molecular complexity index is 944. The highest BCUT2D eigenvalue weighted by Gasteiger charge is 2.21. The Labute approximate surface area is 141 Å².